The van der Waals surface area contributed by atoms with Crippen LogP contribution in [-0.2, 0) is 19.2 Å². The van der Waals surface area contributed by atoms with E-state index in [4.69, 9.17) is 9.57 Å². The maximum Gasteiger partial charge on any atom is 0.410 e. The number of hydrogen-bond donors (Lipinski definition) is 1. The molecule has 2 aromatic carbocycles. The van der Waals surface area contributed by atoms with Crippen LogP contribution in [0.1, 0.15) is 38.8 Å². The number of aliphatic imine (C=N–C) groups is 1. The standard InChI is InChI=1S/C24H24FN3O5/c1-5-32-28-19-13-9-7-11-17(19)20(16-10-6-8-12-18(16)25)26-24(14-15-29,21(28)30)27-22(31)33-23(2,3)4/h6-14H,5H2,1-4H3,(H,27,31). The van der Waals surface area contributed by atoms with E-state index in [0.717, 1.165) is 11.1 Å². The van der Waals surface area contributed by atoms with E-state index >= 15 is 0 Å². The van der Waals surface area contributed by atoms with Crippen molar-refractivity contribution in [1.82, 2.24) is 5.32 Å². The van der Waals surface area contributed by atoms with Gasteiger partial charge in [-0.2, -0.15) is 5.06 Å². The molecule has 0 radical (unpaired) electrons. The molecule has 8 nitrogen and oxygen atoms in total. The van der Waals surface area contributed by atoms with Crippen molar-refractivity contribution >= 4 is 29.3 Å². The van der Waals surface area contributed by atoms with Gasteiger partial charge in [0, 0.05) is 11.1 Å². The van der Waals surface area contributed by atoms with Crippen LogP contribution < -0.4 is 10.4 Å². The van der Waals surface area contributed by atoms with Gasteiger partial charge in [0.1, 0.15) is 17.4 Å². The summed E-state index contributed by atoms with van der Waals surface area (Å²) >= 11 is 0. The Morgan fingerprint density at radius 2 is 1.82 bits per heavy atom. The summed E-state index contributed by atoms with van der Waals surface area (Å²) < 4.78 is 20.1. The van der Waals surface area contributed by atoms with Crippen LogP contribution in [0.4, 0.5) is 14.9 Å². The number of fused-ring (bicyclic) bond motifs is 1. The predicted molar refractivity (Wildman–Crippen MR) is 120 cm³/mol. The molecule has 172 valence electrons. The second-order valence-electron chi connectivity index (χ2n) is 8.13. The molecule has 1 N–H and O–H groups in total. The Balaban J connectivity index is 2.32. The summed E-state index contributed by atoms with van der Waals surface area (Å²) in [5.41, 5.74) is -2.50. The Morgan fingerprint density at radius 3 is 2.42 bits per heavy atom. The number of anilines is 1. The quantitative estimate of drug-likeness (QED) is 0.698. The van der Waals surface area contributed by atoms with Crippen LogP contribution in [0.25, 0.3) is 0 Å². The van der Waals surface area contributed by atoms with Crippen molar-refractivity contribution in [1.29, 1.82) is 0 Å². The number of ether oxygens (including phenoxy) is 1. The Kier molecular flexibility index (Phi) is 6.76. The van der Waals surface area contributed by atoms with E-state index in [-0.39, 0.29) is 23.6 Å². The third kappa shape index (κ3) is 5.00. The molecule has 0 saturated heterocycles. The molecule has 9 heteroatoms. The lowest BCUT2D eigenvalue weighted by atomic mass is 10.00. The average molecular weight is 453 g/mol. The molecule has 2 amide bonds. The van der Waals surface area contributed by atoms with Crippen molar-refractivity contribution in [2.45, 2.75) is 39.0 Å². The molecule has 3 rings (SSSR count). The summed E-state index contributed by atoms with van der Waals surface area (Å²) in [5, 5.41) is 3.29. The first-order valence-electron chi connectivity index (χ1n) is 10.3. The smallest absolute Gasteiger partial charge is 0.410 e. The molecule has 1 atom stereocenters. The van der Waals surface area contributed by atoms with Gasteiger partial charge >= 0.3 is 12.0 Å². The van der Waals surface area contributed by atoms with E-state index < -0.39 is 29.1 Å². The maximum absolute atomic E-state index is 14.9. The molecule has 0 spiro atoms. The van der Waals surface area contributed by atoms with Gasteiger partial charge in [-0.3, -0.25) is 14.9 Å². The van der Waals surface area contributed by atoms with Crippen LogP contribution in [0.15, 0.2) is 59.6 Å². The first-order chi connectivity index (χ1) is 15.6. The number of hydrogen-bond acceptors (Lipinski definition) is 6. The molecule has 2 aromatic rings. The number of para-hydroxylation sites is 1. The minimum atomic E-state index is -2.31. The highest BCUT2D eigenvalue weighted by Crippen LogP contribution is 2.33. The van der Waals surface area contributed by atoms with Gasteiger partial charge in [0.25, 0.3) is 0 Å². The summed E-state index contributed by atoms with van der Waals surface area (Å²) in [6.45, 7) is 6.67. The normalized spacial score (nSPS) is 17.9. The summed E-state index contributed by atoms with van der Waals surface area (Å²) in [6, 6.07) is 12.4. The van der Waals surface area contributed by atoms with E-state index in [1.165, 1.54) is 24.1 Å². The van der Waals surface area contributed by atoms with Gasteiger partial charge in [0.05, 0.1) is 24.1 Å². The second kappa shape index (κ2) is 9.36. The van der Waals surface area contributed by atoms with Crippen LogP contribution in [-0.4, -0.2) is 41.5 Å². The van der Waals surface area contributed by atoms with E-state index in [1.54, 1.807) is 58.0 Å². The number of carbonyl (C=O) groups is 2. The molecule has 0 aliphatic carbocycles. The lowest BCUT2D eigenvalue weighted by molar-refractivity contribution is -0.130. The van der Waals surface area contributed by atoms with Crippen molar-refractivity contribution < 1.29 is 28.3 Å². The van der Waals surface area contributed by atoms with Crippen molar-refractivity contribution in [2.75, 3.05) is 11.7 Å². The summed E-state index contributed by atoms with van der Waals surface area (Å²) in [4.78, 5) is 47.9. The van der Waals surface area contributed by atoms with Gasteiger partial charge in [-0.05, 0) is 45.9 Å². The number of rotatable bonds is 5. The van der Waals surface area contributed by atoms with Gasteiger partial charge in [-0.15, -0.1) is 0 Å². The number of hydroxylamine groups is 1. The highest BCUT2D eigenvalue weighted by atomic mass is 19.1. The van der Waals surface area contributed by atoms with Crippen LogP contribution in [0.2, 0.25) is 0 Å². The van der Waals surface area contributed by atoms with Gasteiger partial charge < -0.3 is 4.74 Å². The molecular weight excluding hydrogens is 429 g/mol. The zero-order chi connectivity index (χ0) is 24.2. The van der Waals surface area contributed by atoms with Gasteiger partial charge in [0.15, 0.2) is 0 Å². The fourth-order valence-electron chi connectivity index (χ4n) is 3.27. The van der Waals surface area contributed by atoms with Crippen LogP contribution in [0, 0.1) is 5.82 Å². The van der Waals surface area contributed by atoms with Gasteiger partial charge in [-0.1, -0.05) is 30.3 Å². The molecule has 1 unspecified atom stereocenters. The van der Waals surface area contributed by atoms with E-state index in [2.05, 4.69) is 10.3 Å². The van der Waals surface area contributed by atoms with E-state index in [0.29, 0.717) is 5.56 Å². The summed E-state index contributed by atoms with van der Waals surface area (Å²) in [5.74, 6) is 0.0195. The minimum Gasteiger partial charge on any atom is -0.444 e. The zero-order valence-electron chi connectivity index (χ0n) is 18.7. The maximum atomic E-state index is 14.9. The molecule has 0 bridgehead atoms. The minimum absolute atomic E-state index is 0.0295. The number of benzodiazepines with no additional fused rings is 1. The Labute approximate surface area is 190 Å². The van der Waals surface area contributed by atoms with Crippen molar-refractivity contribution in [3.05, 3.63) is 71.6 Å². The Hall–Kier alpha value is -3.81. The molecule has 1 aliphatic rings. The largest absolute Gasteiger partial charge is 0.444 e. The SMILES string of the molecule is CCON1C(=O)C(C=C=O)(NC(=O)OC(C)(C)C)N=C(c2ccccc2F)c2ccccc21. The van der Waals surface area contributed by atoms with Gasteiger partial charge in [0.2, 0.25) is 5.66 Å². The number of alkyl carbamates (subject to hydrolysis) is 1. The highest BCUT2D eigenvalue weighted by Gasteiger charge is 2.47. The van der Waals surface area contributed by atoms with Crippen LogP contribution in [0.3, 0.4) is 0 Å². The Morgan fingerprint density at radius 1 is 1.18 bits per heavy atom. The molecule has 0 fully saturated rings. The van der Waals surface area contributed by atoms with Crippen molar-refractivity contribution in [2.24, 2.45) is 4.99 Å². The molecule has 1 aliphatic heterocycles. The lowest BCUT2D eigenvalue weighted by Crippen LogP contribution is -2.58. The number of amides is 2. The molecule has 33 heavy (non-hydrogen) atoms. The fourth-order valence-corrected chi connectivity index (χ4v) is 3.27. The van der Waals surface area contributed by atoms with Crippen LogP contribution >= 0.6 is 0 Å². The van der Waals surface area contributed by atoms with Crippen molar-refractivity contribution in [3.8, 4) is 0 Å². The second-order valence-corrected chi connectivity index (χ2v) is 8.13. The topological polar surface area (TPSA) is 97.3 Å². The van der Waals surface area contributed by atoms with Crippen molar-refractivity contribution in [3.63, 3.8) is 0 Å². The Bertz CT molecular complexity index is 1150. The third-order valence-corrected chi connectivity index (χ3v) is 4.52. The number of halogens is 1. The molecular formula is C24H24FN3O5. The molecule has 0 saturated carbocycles. The number of nitrogens with zero attached hydrogens (tertiary/aromatic N) is 2. The highest BCUT2D eigenvalue weighted by molar-refractivity contribution is 6.21. The number of benzene rings is 2. The first-order valence-corrected chi connectivity index (χ1v) is 10.3. The lowest BCUT2D eigenvalue weighted by Gasteiger charge is -2.30. The van der Waals surface area contributed by atoms with Gasteiger partial charge in [-0.25, -0.2) is 19.0 Å². The summed E-state index contributed by atoms with van der Waals surface area (Å²) in [7, 11) is 0. The average Bonchev–Trinajstić information content (AvgIpc) is 2.83. The fraction of sp³-hybridized carbons (Fsp3) is 0.292. The number of carbonyl (C=O) groups excluding carboxylic acids is 3. The monoisotopic (exact) mass is 453 g/mol. The summed E-state index contributed by atoms with van der Waals surface area (Å²) in [6.07, 6.45) is -0.265. The van der Waals surface area contributed by atoms with Crippen LogP contribution in [0.5, 0.6) is 0 Å². The molecule has 1 heterocycles. The molecule has 0 aromatic heterocycles. The first kappa shape index (κ1) is 23.8. The third-order valence-electron chi connectivity index (χ3n) is 4.52. The number of nitrogens with one attached hydrogen (secondary N) is 1. The zero-order valence-corrected chi connectivity index (χ0v) is 18.7. The van der Waals surface area contributed by atoms with E-state index in [1.807, 2.05) is 0 Å². The van der Waals surface area contributed by atoms with E-state index in [9.17, 15) is 18.8 Å². The predicted octanol–water partition coefficient (Wildman–Crippen LogP) is 3.57.